The zero-order valence-electron chi connectivity index (χ0n) is 16.4. The van der Waals surface area contributed by atoms with Gasteiger partial charge >= 0.3 is 0 Å². The van der Waals surface area contributed by atoms with Gasteiger partial charge in [0.15, 0.2) is 5.69 Å². The molecule has 1 N–H and O–H groups in total. The zero-order chi connectivity index (χ0) is 18.7. The van der Waals surface area contributed by atoms with Crippen LogP contribution in [0.4, 0.5) is 0 Å². The van der Waals surface area contributed by atoms with E-state index >= 15 is 0 Å². The number of fused-ring (bicyclic) bond motifs is 1. The molecule has 1 aromatic heterocycles. The molecule has 1 atom stereocenters. The van der Waals surface area contributed by atoms with E-state index in [1.165, 1.54) is 16.8 Å². The van der Waals surface area contributed by atoms with Crippen molar-refractivity contribution in [3.05, 3.63) is 52.3 Å². The Hall–Kier alpha value is -2.14. The van der Waals surface area contributed by atoms with E-state index in [-0.39, 0.29) is 5.91 Å². The van der Waals surface area contributed by atoms with Crippen molar-refractivity contribution in [3.63, 3.8) is 0 Å². The van der Waals surface area contributed by atoms with Gasteiger partial charge < -0.3 is 10.2 Å². The quantitative estimate of drug-likeness (QED) is 0.868. The molecule has 3 rings (SSSR count). The van der Waals surface area contributed by atoms with Crippen molar-refractivity contribution in [2.75, 3.05) is 14.1 Å². The molecule has 1 aliphatic rings. The number of aryl methyl sites for hydroxylation is 2. The van der Waals surface area contributed by atoms with Gasteiger partial charge in [0, 0.05) is 44.5 Å². The molecule has 0 bridgehead atoms. The number of nitrogens with one attached hydrogen (secondary N) is 1. The van der Waals surface area contributed by atoms with Gasteiger partial charge in [0.05, 0.1) is 0 Å². The van der Waals surface area contributed by atoms with Crippen LogP contribution in [-0.4, -0.2) is 40.7 Å². The third kappa shape index (κ3) is 3.98. The Balaban J connectivity index is 1.75. The minimum absolute atomic E-state index is 0.00953. The van der Waals surface area contributed by atoms with Crippen molar-refractivity contribution in [1.82, 2.24) is 20.0 Å². The third-order valence-corrected chi connectivity index (χ3v) is 5.11. The Morgan fingerprint density at radius 3 is 2.69 bits per heavy atom. The van der Waals surface area contributed by atoms with Crippen LogP contribution in [0.5, 0.6) is 0 Å². The Kier molecular flexibility index (Phi) is 5.77. The molecule has 5 heteroatoms. The average Bonchev–Trinajstić information content (AvgIpc) is 2.98. The van der Waals surface area contributed by atoms with E-state index in [0.29, 0.717) is 11.7 Å². The predicted octanol–water partition coefficient (Wildman–Crippen LogP) is 2.95. The number of nitrogens with zero attached hydrogens (tertiary/aromatic N) is 3. The lowest BCUT2D eigenvalue weighted by Gasteiger charge is -2.25. The van der Waals surface area contributed by atoms with Gasteiger partial charge in [-0.2, -0.15) is 5.10 Å². The second kappa shape index (κ2) is 8.04. The summed E-state index contributed by atoms with van der Waals surface area (Å²) < 4.78 is 2.06. The van der Waals surface area contributed by atoms with Crippen molar-refractivity contribution in [2.24, 2.45) is 0 Å². The second-order valence-electron chi connectivity index (χ2n) is 7.50. The summed E-state index contributed by atoms with van der Waals surface area (Å²) in [4.78, 5) is 14.2. The highest BCUT2D eigenvalue weighted by molar-refractivity contribution is 5.93. The van der Waals surface area contributed by atoms with E-state index in [1.54, 1.807) is 19.0 Å². The molecule has 1 heterocycles. The number of hydrogen-bond acceptors (Lipinski definition) is 3. The van der Waals surface area contributed by atoms with Crippen LogP contribution in [0, 0.1) is 6.92 Å². The number of carbonyl (C=O) groups excluding carboxylic acids is 1. The lowest BCUT2D eigenvalue weighted by Crippen LogP contribution is -2.35. The number of amides is 1. The fraction of sp³-hybridized carbons (Fsp3) is 0.524. The maximum Gasteiger partial charge on any atom is 0.274 e. The number of benzene rings is 1. The van der Waals surface area contributed by atoms with Gasteiger partial charge in [-0.3, -0.25) is 9.48 Å². The summed E-state index contributed by atoms with van der Waals surface area (Å²) in [5.41, 5.74) is 5.62. The van der Waals surface area contributed by atoms with Crippen LogP contribution in [-0.2, 0) is 25.9 Å². The van der Waals surface area contributed by atoms with Gasteiger partial charge in [0.1, 0.15) is 0 Å². The van der Waals surface area contributed by atoms with Crippen molar-refractivity contribution < 1.29 is 4.79 Å². The summed E-state index contributed by atoms with van der Waals surface area (Å²) in [5, 5.41) is 8.34. The van der Waals surface area contributed by atoms with Crippen LogP contribution in [0.3, 0.4) is 0 Å². The second-order valence-corrected chi connectivity index (χ2v) is 7.50. The molecule has 0 radical (unpaired) electrons. The summed E-state index contributed by atoms with van der Waals surface area (Å²) in [6, 6.07) is 9.04. The Bertz CT molecular complexity index is 761. The van der Waals surface area contributed by atoms with Gasteiger partial charge in [-0.15, -0.1) is 0 Å². The van der Waals surface area contributed by atoms with E-state index in [0.717, 1.165) is 44.3 Å². The van der Waals surface area contributed by atoms with Crippen LogP contribution in [0.15, 0.2) is 24.3 Å². The van der Waals surface area contributed by atoms with E-state index in [4.69, 9.17) is 0 Å². The monoisotopic (exact) mass is 354 g/mol. The van der Waals surface area contributed by atoms with E-state index < -0.39 is 0 Å². The van der Waals surface area contributed by atoms with Crippen molar-refractivity contribution in [3.8, 4) is 0 Å². The zero-order valence-corrected chi connectivity index (χ0v) is 16.4. The van der Waals surface area contributed by atoms with Gasteiger partial charge in [-0.25, -0.2) is 0 Å². The van der Waals surface area contributed by atoms with Crippen LogP contribution >= 0.6 is 0 Å². The van der Waals surface area contributed by atoms with E-state index in [9.17, 15) is 4.79 Å². The molecule has 0 saturated carbocycles. The molecule has 1 aromatic carbocycles. The maximum atomic E-state index is 12.6. The fourth-order valence-corrected chi connectivity index (χ4v) is 3.61. The van der Waals surface area contributed by atoms with Gasteiger partial charge in [-0.05, 0) is 38.2 Å². The standard InChI is InChI=1S/C21H30N4O/c1-5-12-25-19-11-10-17(22-14-16-8-6-15(2)7-9-16)13-18(19)20(23-25)21(26)24(3)4/h6-9,17,22H,5,10-14H2,1-4H3. The van der Waals surface area contributed by atoms with Crippen molar-refractivity contribution >= 4 is 5.91 Å². The van der Waals surface area contributed by atoms with Crippen molar-refractivity contribution in [1.29, 1.82) is 0 Å². The summed E-state index contributed by atoms with van der Waals surface area (Å²) >= 11 is 0. The predicted molar refractivity (Wildman–Crippen MR) is 104 cm³/mol. The van der Waals surface area contributed by atoms with Crippen molar-refractivity contribution in [2.45, 2.75) is 58.7 Å². The lowest BCUT2D eigenvalue weighted by atomic mass is 9.91. The van der Waals surface area contributed by atoms with Gasteiger partial charge in [-0.1, -0.05) is 36.8 Å². The largest absolute Gasteiger partial charge is 0.343 e. The van der Waals surface area contributed by atoms with Gasteiger partial charge in [0.25, 0.3) is 5.91 Å². The molecule has 5 nitrogen and oxygen atoms in total. The highest BCUT2D eigenvalue weighted by Crippen LogP contribution is 2.26. The molecular formula is C21H30N4O. The number of aromatic nitrogens is 2. The highest BCUT2D eigenvalue weighted by atomic mass is 16.2. The number of rotatable bonds is 6. The SMILES string of the molecule is CCCn1nc(C(=O)N(C)C)c2c1CCC(NCc1ccc(C)cc1)C2. The highest BCUT2D eigenvalue weighted by Gasteiger charge is 2.29. The fourth-order valence-electron chi connectivity index (χ4n) is 3.61. The molecule has 0 fully saturated rings. The molecule has 140 valence electrons. The van der Waals surface area contributed by atoms with Crippen LogP contribution in [0.2, 0.25) is 0 Å². The average molecular weight is 354 g/mol. The molecule has 1 unspecified atom stereocenters. The van der Waals surface area contributed by atoms with E-state index in [2.05, 4.69) is 53.2 Å². The first kappa shape index (κ1) is 18.6. The lowest BCUT2D eigenvalue weighted by molar-refractivity contribution is 0.0819. The molecule has 1 aliphatic carbocycles. The summed E-state index contributed by atoms with van der Waals surface area (Å²) in [6.07, 6.45) is 3.97. The molecule has 2 aromatic rings. The Morgan fingerprint density at radius 1 is 1.31 bits per heavy atom. The van der Waals surface area contributed by atoms with Gasteiger partial charge in [0.2, 0.25) is 0 Å². The normalized spacial score (nSPS) is 16.4. The molecule has 0 spiro atoms. The molecule has 0 saturated heterocycles. The maximum absolute atomic E-state index is 12.6. The Labute approximate surface area is 156 Å². The first-order valence-corrected chi connectivity index (χ1v) is 9.58. The molecular weight excluding hydrogens is 324 g/mol. The molecule has 26 heavy (non-hydrogen) atoms. The molecule has 0 aliphatic heterocycles. The summed E-state index contributed by atoms with van der Waals surface area (Å²) in [7, 11) is 3.59. The van der Waals surface area contributed by atoms with Crippen LogP contribution < -0.4 is 5.32 Å². The smallest absolute Gasteiger partial charge is 0.274 e. The topological polar surface area (TPSA) is 50.2 Å². The number of hydrogen-bond donors (Lipinski definition) is 1. The first-order valence-electron chi connectivity index (χ1n) is 9.58. The van der Waals surface area contributed by atoms with Crippen LogP contribution in [0.25, 0.3) is 0 Å². The first-order chi connectivity index (χ1) is 12.5. The number of carbonyl (C=O) groups is 1. The Morgan fingerprint density at radius 2 is 2.04 bits per heavy atom. The van der Waals surface area contributed by atoms with Crippen LogP contribution in [0.1, 0.15) is 52.6 Å². The molecule has 1 amide bonds. The minimum Gasteiger partial charge on any atom is -0.343 e. The third-order valence-electron chi connectivity index (χ3n) is 5.11. The minimum atomic E-state index is 0.00953. The summed E-state index contributed by atoms with van der Waals surface area (Å²) in [6.45, 7) is 6.00. The summed E-state index contributed by atoms with van der Waals surface area (Å²) in [5.74, 6) is 0.00953. The van der Waals surface area contributed by atoms with E-state index in [1.807, 2.05) is 0 Å².